The highest BCUT2D eigenvalue weighted by Crippen LogP contribution is 2.20. The number of nitrogens with zero attached hydrogens (tertiary/aromatic N) is 5. The van der Waals surface area contributed by atoms with E-state index in [-0.39, 0.29) is 16.2 Å². The van der Waals surface area contributed by atoms with Crippen LogP contribution >= 0.6 is 22.6 Å². The van der Waals surface area contributed by atoms with E-state index >= 15 is 0 Å². The summed E-state index contributed by atoms with van der Waals surface area (Å²) in [4.78, 5) is 20.9. The molecule has 1 aromatic heterocycles. The van der Waals surface area contributed by atoms with Crippen molar-refractivity contribution in [3.8, 4) is 0 Å². The number of aromatic nitrogens is 2. The van der Waals surface area contributed by atoms with E-state index in [9.17, 15) is 9.18 Å². The second-order valence-corrected chi connectivity index (χ2v) is 7.59. The number of rotatable bonds is 9. The van der Waals surface area contributed by atoms with Crippen LogP contribution in [0, 0.1) is 3.57 Å². The van der Waals surface area contributed by atoms with Gasteiger partial charge in [-0.2, -0.15) is 0 Å². The summed E-state index contributed by atoms with van der Waals surface area (Å²) in [6.45, 7) is 3.99. The lowest BCUT2D eigenvalue weighted by molar-refractivity contribution is -0.885. The van der Waals surface area contributed by atoms with Crippen LogP contribution in [-0.2, 0) is 0 Å². The Morgan fingerprint density at radius 1 is 1.29 bits per heavy atom. The van der Waals surface area contributed by atoms with Crippen LogP contribution in [0.4, 0.5) is 4.39 Å². The molecule has 8 nitrogen and oxygen atoms in total. The van der Waals surface area contributed by atoms with Crippen molar-refractivity contribution in [2.45, 2.75) is 6.92 Å². The van der Waals surface area contributed by atoms with E-state index in [4.69, 9.17) is 0 Å². The maximum atomic E-state index is 12.7. The van der Waals surface area contributed by atoms with Gasteiger partial charge in [0.2, 0.25) is 0 Å². The number of amides is 1. The molecular weight excluding hydrogens is 476 g/mol. The minimum atomic E-state index is -0.438. The van der Waals surface area contributed by atoms with Crippen LogP contribution in [0.2, 0.25) is 0 Å². The van der Waals surface area contributed by atoms with Gasteiger partial charge in [0.05, 0.1) is 17.2 Å². The molecule has 1 aromatic carbocycles. The molecular formula is C18H22FIN7O+. The van der Waals surface area contributed by atoms with E-state index in [0.29, 0.717) is 38.2 Å². The summed E-state index contributed by atoms with van der Waals surface area (Å²) in [6, 6.07) is 5.70. The number of halogens is 2. The average Bonchev–Trinajstić information content (AvgIpc) is 3.11. The van der Waals surface area contributed by atoms with Crippen molar-refractivity contribution in [3.05, 3.63) is 45.6 Å². The van der Waals surface area contributed by atoms with Crippen molar-refractivity contribution in [2.75, 3.05) is 39.4 Å². The number of fused-ring (bicyclic) bond motifs is 1. The molecule has 0 spiro atoms. The molecule has 0 bridgehead atoms. The first-order valence-corrected chi connectivity index (χ1v) is 10.1. The molecule has 3 rings (SSSR count). The van der Waals surface area contributed by atoms with Crippen molar-refractivity contribution in [2.24, 2.45) is 10.3 Å². The number of hydrogen-bond acceptors (Lipinski definition) is 6. The summed E-state index contributed by atoms with van der Waals surface area (Å²) in [5, 5.41) is 14.3. The molecule has 148 valence electrons. The molecule has 2 heterocycles. The standard InChI is InChI=1S/C18H21FIN7O/c1-2-27(8-5-19)12-14(25-26-27)10-21-6-7-22-18(28)17-11-23-16-9-13(20)3-4-15(16)24-17/h3-4,9,11-12,21H,2,5-8,10H2,1H3/p+1. The Labute approximate surface area is 176 Å². The van der Waals surface area contributed by atoms with E-state index in [1.54, 1.807) is 0 Å². The maximum absolute atomic E-state index is 12.7. The van der Waals surface area contributed by atoms with Crippen LogP contribution in [0.1, 0.15) is 17.4 Å². The van der Waals surface area contributed by atoms with Crippen molar-refractivity contribution >= 4 is 39.5 Å². The summed E-state index contributed by atoms with van der Waals surface area (Å²) in [7, 11) is 0. The molecule has 10 heteroatoms. The smallest absolute Gasteiger partial charge is 0.271 e. The van der Waals surface area contributed by atoms with Gasteiger partial charge >= 0.3 is 0 Å². The predicted molar refractivity (Wildman–Crippen MR) is 112 cm³/mol. The molecule has 0 saturated carbocycles. The third-order valence-corrected chi connectivity index (χ3v) is 5.06. The molecule has 0 aliphatic carbocycles. The lowest BCUT2D eigenvalue weighted by Crippen LogP contribution is -2.37. The Balaban J connectivity index is 1.44. The zero-order valence-electron chi connectivity index (χ0n) is 15.5. The number of benzene rings is 1. The fourth-order valence-corrected chi connectivity index (χ4v) is 3.26. The molecule has 1 amide bonds. The van der Waals surface area contributed by atoms with Crippen molar-refractivity contribution in [1.82, 2.24) is 20.6 Å². The molecule has 2 N–H and O–H groups in total. The van der Waals surface area contributed by atoms with Gasteiger partial charge in [-0.3, -0.25) is 9.78 Å². The van der Waals surface area contributed by atoms with Crippen LogP contribution in [0.3, 0.4) is 0 Å². The highest BCUT2D eigenvalue weighted by atomic mass is 127. The number of carbonyl (C=O) groups excluding carboxylic acids is 1. The maximum Gasteiger partial charge on any atom is 0.271 e. The van der Waals surface area contributed by atoms with Gasteiger partial charge in [-0.05, 0) is 47.7 Å². The molecule has 1 aliphatic heterocycles. The van der Waals surface area contributed by atoms with Crippen molar-refractivity contribution < 1.29 is 13.8 Å². The molecule has 1 aliphatic rings. The van der Waals surface area contributed by atoms with Crippen molar-refractivity contribution in [3.63, 3.8) is 0 Å². The van der Waals surface area contributed by atoms with E-state index in [1.807, 2.05) is 31.3 Å². The largest absolute Gasteiger partial charge is 0.349 e. The average molecular weight is 498 g/mol. The van der Waals surface area contributed by atoms with Gasteiger partial charge in [-0.1, -0.05) is 5.11 Å². The van der Waals surface area contributed by atoms with Gasteiger partial charge in [0.1, 0.15) is 37.4 Å². The third kappa shape index (κ3) is 5.06. The molecule has 28 heavy (non-hydrogen) atoms. The molecule has 1 atom stereocenters. The molecule has 0 radical (unpaired) electrons. The Kier molecular flexibility index (Phi) is 6.97. The first kappa shape index (κ1) is 20.7. The van der Waals surface area contributed by atoms with Crippen molar-refractivity contribution in [1.29, 1.82) is 0 Å². The lowest BCUT2D eigenvalue weighted by Gasteiger charge is -2.20. The van der Waals surface area contributed by atoms with Gasteiger partial charge in [0.15, 0.2) is 0 Å². The van der Waals surface area contributed by atoms with E-state index < -0.39 is 6.67 Å². The quantitative estimate of drug-likeness (QED) is 0.316. The zero-order valence-corrected chi connectivity index (χ0v) is 17.7. The highest BCUT2D eigenvalue weighted by molar-refractivity contribution is 14.1. The number of alkyl halides is 1. The number of carbonyl (C=O) groups is 1. The van der Waals surface area contributed by atoms with Crippen LogP contribution in [-0.4, -0.2) is 59.9 Å². The molecule has 0 fully saturated rings. The van der Waals surface area contributed by atoms with E-state index in [0.717, 1.165) is 14.8 Å². The second-order valence-electron chi connectivity index (χ2n) is 6.35. The summed E-state index contributed by atoms with van der Waals surface area (Å²) in [5.74, 6) is -0.265. The number of nitrogens with one attached hydrogen (secondary N) is 2. The first-order chi connectivity index (χ1) is 13.5. The molecule has 1 unspecified atom stereocenters. The van der Waals surface area contributed by atoms with E-state index in [1.165, 1.54) is 6.20 Å². The van der Waals surface area contributed by atoms with Gasteiger partial charge < -0.3 is 10.6 Å². The summed E-state index contributed by atoms with van der Waals surface area (Å²) in [6.07, 6.45) is 3.36. The Morgan fingerprint density at radius 3 is 2.93 bits per heavy atom. The first-order valence-electron chi connectivity index (χ1n) is 9.04. The number of hydrogen-bond donors (Lipinski definition) is 2. The molecule has 0 saturated heterocycles. The zero-order chi connectivity index (χ0) is 20.0. The van der Waals surface area contributed by atoms with Crippen LogP contribution in [0.15, 0.2) is 46.6 Å². The monoisotopic (exact) mass is 498 g/mol. The number of quaternary nitrogens is 1. The Bertz CT molecular complexity index is 920. The molecule has 2 aromatic rings. The van der Waals surface area contributed by atoms with E-state index in [2.05, 4.69) is 53.5 Å². The third-order valence-electron chi connectivity index (χ3n) is 4.39. The predicted octanol–water partition coefficient (Wildman–Crippen LogP) is 2.58. The van der Waals surface area contributed by atoms with Gasteiger partial charge in [-0.15, -0.1) is 4.59 Å². The summed E-state index contributed by atoms with van der Waals surface area (Å²) < 4.78 is 13.9. The van der Waals surface area contributed by atoms with Crippen LogP contribution < -0.4 is 10.6 Å². The SMILES string of the molecule is CC[N+]1(CCF)C=C(CNCCNC(=O)c2cnc3cc(I)ccc3n2)N=N1. The Morgan fingerprint density at radius 2 is 2.14 bits per heavy atom. The minimum Gasteiger partial charge on any atom is -0.349 e. The highest BCUT2D eigenvalue weighted by Gasteiger charge is 2.29. The van der Waals surface area contributed by atoms with Gasteiger partial charge in [0.25, 0.3) is 5.91 Å². The lowest BCUT2D eigenvalue weighted by atomic mass is 10.3. The summed E-state index contributed by atoms with van der Waals surface area (Å²) in [5.41, 5.74) is 2.52. The van der Waals surface area contributed by atoms with Crippen LogP contribution in [0.25, 0.3) is 11.0 Å². The van der Waals surface area contributed by atoms with Gasteiger partial charge in [-0.25, -0.2) is 9.37 Å². The minimum absolute atomic E-state index is 0.198. The topological polar surface area (TPSA) is 91.6 Å². The normalized spacial score (nSPS) is 18.5. The fraction of sp³-hybridized carbons (Fsp3) is 0.389. The second kappa shape index (κ2) is 9.43. The van der Waals surface area contributed by atoms with Crippen LogP contribution in [0.5, 0.6) is 0 Å². The Hall–Kier alpha value is -2.05. The summed E-state index contributed by atoms with van der Waals surface area (Å²) >= 11 is 2.21. The fourth-order valence-electron chi connectivity index (χ4n) is 2.79. The van der Waals surface area contributed by atoms with Gasteiger partial charge in [0, 0.05) is 28.4 Å².